The Labute approximate surface area is 188 Å². The number of benzene rings is 2. The first-order valence-corrected chi connectivity index (χ1v) is 10.6. The molecule has 0 radical (unpaired) electrons. The fourth-order valence-corrected chi connectivity index (χ4v) is 4.88. The average molecular weight is 474 g/mol. The molecule has 2 aromatic rings. The minimum atomic E-state index is -0.595. The van der Waals surface area contributed by atoms with E-state index in [1.165, 1.54) is 12.1 Å². The van der Waals surface area contributed by atoms with Crippen molar-refractivity contribution in [1.82, 2.24) is 10.6 Å². The zero-order chi connectivity index (χ0) is 21.5. The number of carbonyl (C=O) groups excluding carboxylic acids is 1. The van der Waals surface area contributed by atoms with Crippen LogP contribution in [0, 0.1) is 5.82 Å². The highest BCUT2D eigenvalue weighted by molar-refractivity contribution is 6.42. The molecule has 3 N–H and O–H groups in total. The van der Waals surface area contributed by atoms with Crippen molar-refractivity contribution in [3.05, 3.63) is 62.8 Å². The van der Waals surface area contributed by atoms with Crippen molar-refractivity contribution in [3.63, 3.8) is 0 Å². The summed E-state index contributed by atoms with van der Waals surface area (Å²) in [6.07, 6.45) is 2.29. The van der Waals surface area contributed by atoms with E-state index in [1.54, 1.807) is 12.1 Å². The van der Waals surface area contributed by atoms with Crippen LogP contribution in [0.3, 0.4) is 0 Å². The molecule has 9 heteroatoms. The van der Waals surface area contributed by atoms with Gasteiger partial charge in [-0.05, 0) is 49.1 Å². The van der Waals surface area contributed by atoms with Gasteiger partial charge >= 0.3 is 0 Å². The molecular formula is C21H20Cl3FN2O3. The number of hydrogen-bond acceptors (Lipinski definition) is 4. The van der Waals surface area contributed by atoms with Crippen LogP contribution in [0.25, 0.3) is 0 Å². The highest BCUT2D eigenvalue weighted by atomic mass is 35.5. The molecule has 3 aliphatic rings. The van der Waals surface area contributed by atoms with Crippen LogP contribution < -0.4 is 15.4 Å². The van der Waals surface area contributed by atoms with Gasteiger partial charge in [-0.2, -0.15) is 0 Å². The van der Waals surface area contributed by atoms with E-state index in [0.717, 1.165) is 30.9 Å². The third kappa shape index (κ3) is 4.25. The van der Waals surface area contributed by atoms with Crippen molar-refractivity contribution in [1.29, 1.82) is 0 Å². The summed E-state index contributed by atoms with van der Waals surface area (Å²) in [6.45, 7) is -0.281. The summed E-state index contributed by atoms with van der Waals surface area (Å²) in [6, 6.07) is 9.06. The van der Waals surface area contributed by atoms with Crippen LogP contribution in [-0.4, -0.2) is 35.3 Å². The summed E-state index contributed by atoms with van der Waals surface area (Å²) in [5.74, 6) is -0.612. The standard InChI is InChI=1S/C21H20Cl3FN2O3/c22-14-3-1-12(5-16(14)24)18(7-28)26-20-9-21(10-20,11-20)27-19(29)8-30-13-2-4-15(23)17(25)6-13/h1-6,18,26,28H,7-11H2,(H,27,29)/t18-,20?,21?/m1/s1. The Bertz CT molecular complexity index is 968. The Morgan fingerprint density at radius 1 is 1.07 bits per heavy atom. The van der Waals surface area contributed by atoms with Crippen molar-refractivity contribution in [2.45, 2.75) is 36.4 Å². The van der Waals surface area contributed by atoms with Crippen LogP contribution in [0.5, 0.6) is 5.75 Å². The second kappa shape index (κ2) is 8.17. The Kier molecular flexibility index (Phi) is 5.90. The molecule has 3 fully saturated rings. The predicted octanol–water partition coefficient (Wildman–Crippen LogP) is 4.28. The van der Waals surface area contributed by atoms with Gasteiger partial charge in [0, 0.05) is 17.1 Å². The zero-order valence-electron chi connectivity index (χ0n) is 15.9. The first-order valence-electron chi connectivity index (χ1n) is 9.46. The van der Waals surface area contributed by atoms with Crippen molar-refractivity contribution in [2.24, 2.45) is 0 Å². The second-order valence-electron chi connectivity index (χ2n) is 8.06. The Morgan fingerprint density at radius 2 is 1.77 bits per heavy atom. The quantitative estimate of drug-likeness (QED) is 0.535. The molecule has 30 heavy (non-hydrogen) atoms. The number of carbonyl (C=O) groups is 1. The molecule has 0 unspecified atom stereocenters. The minimum absolute atomic E-state index is 0.000483. The van der Waals surface area contributed by atoms with Gasteiger partial charge in [-0.3, -0.25) is 4.79 Å². The fraction of sp³-hybridized carbons (Fsp3) is 0.381. The fourth-order valence-electron chi connectivity index (χ4n) is 4.45. The van der Waals surface area contributed by atoms with Crippen LogP contribution in [0.4, 0.5) is 4.39 Å². The lowest BCUT2D eigenvalue weighted by atomic mass is 9.44. The molecule has 5 nitrogen and oxygen atoms in total. The molecule has 1 atom stereocenters. The molecule has 0 aromatic heterocycles. The van der Waals surface area contributed by atoms with Gasteiger partial charge < -0.3 is 20.5 Å². The third-order valence-corrected chi connectivity index (χ3v) is 6.75. The molecule has 0 aliphatic heterocycles. The summed E-state index contributed by atoms with van der Waals surface area (Å²) in [5, 5.41) is 17.2. The number of ether oxygens (including phenoxy) is 1. The van der Waals surface area contributed by atoms with Gasteiger partial charge in [0.2, 0.25) is 0 Å². The van der Waals surface area contributed by atoms with E-state index in [1.807, 2.05) is 6.07 Å². The minimum Gasteiger partial charge on any atom is -0.484 e. The lowest BCUT2D eigenvalue weighted by Gasteiger charge is -2.71. The monoisotopic (exact) mass is 472 g/mol. The number of amides is 1. The molecule has 0 saturated heterocycles. The van der Waals surface area contributed by atoms with E-state index in [0.29, 0.717) is 10.0 Å². The number of hydrogen-bond donors (Lipinski definition) is 3. The maximum absolute atomic E-state index is 13.4. The van der Waals surface area contributed by atoms with Crippen LogP contribution >= 0.6 is 34.8 Å². The highest BCUT2D eigenvalue weighted by Gasteiger charge is 2.68. The Hall–Kier alpha value is -1.57. The van der Waals surface area contributed by atoms with Crippen molar-refractivity contribution >= 4 is 40.7 Å². The van der Waals surface area contributed by atoms with E-state index < -0.39 is 5.82 Å². The molecule has 160 valence electrons. The Morgan fingerprint density at radius 3 is 2.40 bits per heavy atom. The van der Waals surface area contributed by atoms with Gasteiger partial charge in [0.05, 0.1) is 27.7 Å². The van der Waals surface area contributed by atoms with Gasteiger partial charge in [-0.25, -0.2) is 4.39 Å². The smallest absolute Gasteiger partial charge is 0.258 e. The van der Waals surface area contributed by atoms with Gasteiger partial charge in [-0.1, -0.05) is 40.9 Å². The summed E-state index contributed by atoms with van der Waals surface area (Å²) >= 11 is 17.7. The third-order valence-electron chi connectivity index (χ3n) is 5.70. The van der Waals surface area contributed by atoms with E-state index in [9.17, 15) is 14.3 Å². The summed E-state index contributed by atoms with van der Waals surface area (Å²) in [7, 11) is 0. The Balaban J connectivity index is 1.27. The molecule has 1 amide bonds. The summed E-state index contributed by atoms with van der Waals surface area (Å²) < 4.78 is 18.8. The summed E-state index contributed by atoms with van der Waals surface area (Å²) in [4.78, 5) is 12.2. The van der Waals surface area contributed by atoms with Gasteiger partial charge in [0.1, 0.15) is 11.6 Å². The van der Waals surface area contributed by atoms with Crippen LogP contribution in [0.1, 0.15) is 30.9 Å². The summed E-state index contributed by atoms with van der Waals surface area (Å²) in [5.41, 5.74) is 0.488. The average Bonchev–Trinajstić information content (AvgIpc) is 2.66. The first-order chi connectivity index (χ1) is 14.2. The molecule has 3 saturated carbocycles. The molecule has 2 aromatic carbocycles. The molecule has 2 bridgehead atoms. The second-order valence-corrected chi connectivity index (χ2v) is 9.28. The number of aliphatic hydroxyl groups is 1. The maximum atomic E-state index is 13.4. The number of halogens is 4. The largest absolute Gasteiger partial charge is 0.484 e. The van der Waals surface area contributed by atoms with E-state index >= 15 is 0 Å². The van der Waals surface area contributed by atoms with Gasteiger partial charge in [0.25, 0.3) is 5.91 Å². The number of nitrogens with one attached hydrogen (secondary N) is 2. The van der Waals surface area contributed by atoms with Crippen molar-refractivity contribution < 1.29 is 19.0 Å². The number of aliphatic hydroxyl groups excluding tert-OH is 1. The van der Waals surface area contributed by atoms with E-state index in [-0.39, 0.29) is 47.0 Å². The molecular weight excluding hydrogens is 454 g/mol. The van der Waals surface area contributed by atoms with Crippen molar-refractivity contribution in [2.75, 3.05) is 13.2 Å². The van der Waals surface area contributed by atoms with E-state index in [2.05, 4.69) is 10.6 Å². The maximum Gasteiger partial charge on any atom is 0.258 e. The zero-order valence-corrected chi connectivity index (χ0v) is 18.1. The van der Waals surface area contributed by atoms with Crippen molar-refractivity contribution in [3.8, 4) is 5.75 Å². The SMILES string of the molecule is O=C(COc1ccc(Cl)c(F)c1)NC12CC(N[C@H](CO)c3ccc(Cl)c(Cl)c3)(C1)C2. The van der Waals surface area contributed by atoms with Crippen LogP contribution in [0.2, 0.25) is 15.1 Å². The van der Waals surface area contributed by atoms with Gasteiger partial charge in [-0.15, -0.1) is 0 Å². The van der Waals surface area contributed by atoms with Crippen LogP contribution in [-0.2, 0) is 4.79 Å². The molecule has 3 aliphatic carbocycles. The normalized spacial score (nSPS) is 25.1. The lowest BCUT2D eigenvalue weighted by molar-refractivity contribution is -0.145. The predicted molar refractivity (Wildman–Crippen MR) is 114 cm³/mol. The first kappa shape index (κ1) is 21.7. The molecule has 5 rings (SSSR count). The number of rotatable bonds is 8. The topological polar surface area (TPSA) is 70.6 Å². The molecule has 0 spiro atoms. The highest BCUT2D eigenvalue weighted by Crippen LogP contribution is 2.61. The van der Waals surface area contributed by atoms with E-state index in [4.69, 9.17) is 39.5 Å². The van der Waals surface area contributed by atoms with Gasteiger partial charge in [0.15, 0.2) is 6.61 Å². The van der Waals surface area contributed by atoms with Crippen LogP contribution in [0.15, 0.2) is 36.4 Å². The lowest BCUT2D eigenvalue weighted by Crippen LogP contribution is -2.83. The molecule has 0 heterocycles.